The van der Waals surface area contributed by atoms with Crippen LogP contribution < -0.4 is 10.2 Å². The molecule has 2 aromatic rings. The van der Waals surface area contributed by atoms with E-state index in [1.54, 1.807) is 18.2 Å². The lowest BCUT2D eigenvalue weighted by molar-refractivity contribution is -0.123. The van der Waals surface area contributed by atoms with E-state index < -0.39 is 0 Å². The summed E-state index contributed by atoms with van der Waals surface area (Å²) in [4.78, 5) is 11.9. The van der Waals surface area contributed by atoms with Crippen LogP contribution in [-0.2, 0) is 10.2 Å². The van der Waals surface area contributed by atoms with E-state index in [2.05, 4.69) is 47.2 Å². The Morgan fingerprint density at radius 2 is 2.00 bits per heavy atom. The third kappa shape index (κ3) is 5.60. The summed E-state index contributed by atoms with van der Waals surface area (Å²) in [6, 6.07) is 12.6. The van der Waals surface area contributed by atoms with Crippen molar-refractivity contribution in [3.8, 4) is 11.5 Å². The molecule has 0 aliphatic carbocycles. The highest BCUT2D eigenvalue weighted by Crippen LogP contribution is 2.30. The van der Waals surface area contributed by atoms with Crippen molar-refractivity contribution in [3.63, 3.8) is 0 Å². The fraction of sp³-hybridized carbons (Fsp3) is 0.263. The number of nitrogens with one attached hydrogen (secondary N) is 1. The van der Waals surface area contributed by atoms with Gasteiger partial charge in [0.05, 0.1) is 6.21 Å². The molecule has 0 aromatic heterocycles. The predicted molar refractivity (Wildman–Crippen MR) is 102 cm³/mol. The van der Waals surface area contributed by atoms with Crippen LogP contribution in [0.5, 0.6) is 11.5 Å². The van der Waals surface area contributed by atoms with E-state index in [1.807, 2.05) is 24.3 Å². The molecule has 1 amide bonds. The fourth-order valence-corrected chi connectivity index (χ4v) is 2.57. The number of hydrogen-bond donors (Lipinski definition) is 2. The Morgan fingerprint density at radius 3 is 2.72 bits per heavy atom. The zero-order chi connectivity index (χ0) is 18.4. The highest BCUT2D eigenvalue weighted by atomic mass is 79.9. The SMILES string of the molecule is CC(C)(C)c1ccccc1OCC(=O)NN=Cc1cc(Br)ccc1O. The molecule has 0 aliphatic rings. The number of benzene rings is 2. The van der Waals surface area contributed by atoms with Gasteiger partial charge in [-0.05, 0) is 35.2 Å². The minimum atomic E-state index is -0.380. The minimum absolute atomic E-state index is 0.0799. The Balaban J connectivity index is 1.94. The highest BCUT2D eigenvalue weighted by molar-refractivity contribution is 9.10. The Kier molecular flexibility index (Phi) is 6.20. The summed E-state index contributed by atoms with van der Waals surface area (Å²) in [5.41, 5.74) is 3.83. The van der Waals surface area contributed by atoms with Gasteiger partial charge < -0.3 is 9.84 Å². The quantitative estimate of drug-likeness (QED) is 0.584. The van der Waals surface area contributed by atoms with E-state index in [4.69, 9.17) is 4.74 Å². The number of carbonyl (C=O) groups is 1. The van der Waals surface area contributed by atoms with Crippen LogP contribution in [0, 0.1) is 0 Å². The van der Waals surface area contributed by atoms with Crippen molar-refractivity contribution >= 4 is 28.1 Å². The molecule has 6 heteroatoms. The number of para-hydroxylation sites is 1. The molecule has 2 rings (SSSR count). The van der Waals surface area contributed by atoms with Crippen molar-refractivity contribution in [3.05, 3.63) is 58.1 Å². The van der Waals surface area contributed by atoms with Gasteiger partial charge in [-0.1, -0.05) is 54.9 Å². The molecule has 0 bridgehead atoms. The molecule has 5 nitrogen and oxygen atoms in total. The number of halogens is 1. The van der Waals surface area contributed by atoms with Crippen molar-refractivity contribution in [2.45, 2.75) is 26.2 Å². The molecule has 2 aromatic carbocycles. The van der Waals surface area contributed by atoms with Crippen LogP contribution in [0.2, 0.25) is 0 Å². The Morgan fingerprint density at radius 1 is 1.28 bits per heavy atom. The molecular weight excluding hydrogens is 384 g/mol. The summed E-state index contributed by atoms with van der Waals surface area (Å²) in [6.07, 6.45) is 1.38. The van der Waals surface area contributed by atoms with E-state index in [9.17, 15) is 9.90 Å². The molecule has 0 fully saturated rings. The number of rotatable bonds is 5. The number of aromatic hydroxyl groups is 1. The number of phenols is 1. The van der Waals surface area contributed by atoms with Gasteiger partial charge in [0.1, 0.15) is 11.5 Å². The van der Waals surface area contributed by atoms with Crippen molar-refractivity contribution < 1.29 is 14.6 Å². The molecule has 0 unspecified atom stereocenters. The molecule has 0 saturated carbocycles. The van der Waals surface area contributed by atoms with Crippen molar-refractivity contribution in [1.82, 2.24) is 5.43 Å². The number of hydrazone groups is 1. The minimum Gasteiger partial charge on any atom is -0.507 e. The molecule has 0 atom stereocenters. The first-order valence-corrected chi connectivity index (χ1v) is 8.59. The van der Waals surface area contributed by atoms with Gasteiger partial charge in [0, 0.05) is 10.0 Å². The fourth-order valence-electron chi connectivity index (χ4n) is 2.19. The van der Waals surface area contributed by atoms with Crippen LogP contribution in [0.3, 0.4) is 0 Å². The molecule has 132 valence electrons. The average molecular weight is 405 g/mol. The third-order valence-electron chi connectivity index (χ3n) is 3.44. The molecule has 0 radical (unpaired) electrons. The standard InChI is InChI=1S/C19H21BrN2O3/c1-19(2,3)15-6-4-5-7-17(15)25-12-18(24)22-21-11-13-10-14(20)8-9-16(13)23/h4-11,23H,12H2,1-3H3,(H,22,24). The van der Waals surface area contributed by atoms with Gasteiger partial charge in [0.25, 0.3) is 5.91 Å². The first-order valence-electron chi connectivity index (χ1n) is 7.80. The van der Waals surface area contributed by atoms with E-state index in [0.29, 0.717) is 11.3 Å². The third-order valence-corrected chi connectivity index (χ3v) is 3.93. The summed E-state index contributed by atoms with van der Waals surface area (Å²) in [7, 11) is 0. The molecule has 0 saturated heterocycles. The second kappa shape index (κ2) is 8.16. The zero-order valence-electron chi connectivity index (χ0n) is 14.4. The number of amides is 1. The zero-order valence-corrected chi connectivity index (χ0v) is 16.0. The molecule has 0 spiro atoms. The summed E-state index contributed by atoms with van der Waals surface area (Å²) in [6.45, 7) is 6.12. The lowest BCUT2D eigenvalue weighted by atomic mass is 9.86. The van der Waals surface area contributed by atoms with Gasteiger partial charge in [-0.25, -0.2) is 5.43 Å². The summed E-state index contributed by atoms with van der Waals surface area (Å²) in [5, 5.41) is 13.6. The van der Waals surface area contributed by atoms with E-state index in [-0.39, 0.29) is 23.7 Å². The van der Waals surface area contributed by atoms with Crippen molar-refractivity contribution in [2.75, 3.05) is 6.61 Å². The highest BCUT2D eigenvalue weighted by Gasteiger charge is 2.18. The maximum atomic E-state index is 11.9. The van der Waals surface area contributed by atoms with Crippen LogP contribution in [0.15, 0.2) is 52.0 Å². The van der Waals surface area contributed by atoms with Gasteiger partial charge >= 0.3 is 0 Å². The maximum Gasteiger partial charge on any atom is 0.277 e. The number of nitrogens with zero attached hydrogens (tertiary/aromatic N) is 1. The Labute approximate surface area is 155 Å². The molecule has 25 heavy (non-hydrogen) atoms. The molecular formula is C19H21BrN2O3. The molecule has 0 heterocycles. The summed E-state index contributed by atoms with van der Waals surface area (Å²) < 4.78 is 6.43. The average Bonchev–Trinajstić information content (AvgIpc) is 2.55. The maximum absolute atomic E-state index is 11.9. The van der Waals surface area contributed by atoms with Crippen LogP contribution in [0.1, 0.15) is 31.9 Å². The van der Waals surface area contributed by atoms with Crippen LogP contribution in [-0.4, -0.2) is 23.8 Å². The van der Waals surface area contributed by atoms with E-state index in [1.165, 1.54) is 6.21 Å². The van der Waals surface area contributed by atoms with Gasteiger partial charge in [-0.15, -0.1) is 0 Å². The first kappa shape index (κ1) is 19.0. The molecule has 2 N–H and O–H groups in total. The van der Waals surface area contributed by atoms with Gasteiger partial charge in [0.2, 0.25) is 0 Å². The van der Waals surface area contributed by atoms with Crippen LogP contribution >= 0.6 is 15.9 Å². The summed E-state index contributed by atoms with van der Waals surface area (Å²) >= 11 is 3.31. The number of phenolic OH excluding ortho intramolecular Hbond substituents is 1. The summed E-state index contributed by atoms with van der Waals surface area (Å²) in [5.74, 6) is 0.379. The Bertz CT molecular complexity index is 782. The predicted octanol–water partition coefficient (Wildman–Crippen LogP) is 3.98. The van der Waals surface area contributed by atoms with Crippen molar-refractivity contribution in [2.24, 2.45) is 5.10 Å². The lowest BCUT2D eigenvalue weighted by Gasteiger charge is -2.22. The van der Waals surface area contributed by atoms with E-state index >= 15 is 0 Å². The van der Waals surface area contributed by atoms with Crippen LogP contribution in [0.4, 0.5) is 0 Å². The first-order chi connectivity index (χ1) is 11.8. The molecule has 0 aliphatic heterocycles. The topological polar surface area (TPSA) is 70.9 Å². The number of hydrogen-bond acceptors (Lipinski definition) is 4. The van der Waals surface area contributed by atoms with Crippen molar-refractivity contribution in [1.29, 1.82) is 0 Å². The largest absolute Gasteiger partial charge is 0.507 e. The second-order valence-corrected chi connectivity index (χ2v) is 7.45. The Hall–Kier alpha value is -2.34. The number of carbonyl (C=O) groups excluding carboxylic acids is 1. The van der Waals surface area contributed by atoms with E-state index in [0.717, 1.165) is 10.0 Å². The smallest absolute Gasteiger partial charge is 0.277 e. The lowest BCUT2D eigenvalue weighted by Crippen LogP contribution is -2.25. The van der Waals surface area contributed by atoms with Gasteiger partial charge in [-0.2, -0.15) is 5.10 Å². The normalized spacial score (nSPS) is 11.5. The van der Waals surface area contributed by atoms with Gasteiger partial charge in [0.15, 0.2) is 6.61 Å². The second-order valence-electron chi connectivity index (χ2n) is 6.53. The monoisotopic (exact) mass is 404 g/mol. The van der Waals surface area contributed by atoms with Crippen LogP contribution in [0.25, 0.3) is 0 Å². The van der Waals surface area contributed by atoms with Gasteiger partial charge in [-0.3, -0.25) is 4.79 Å². The number of ether oxygens (including phenoxy) is 1.